The molecule has 1 aromatic heterocycles. The van der Waals surface area contributed by atoms with E-state index in [4.69, 9.17) is 4.52 Å². The highest BCUT2D eigenvalue weighted by Gasteiger charge is 2.48. The number of likely N-dealkylation sites (tertiary alicyclic amines) is 1. The smallest absolute Gasteiger partial charge is 0.391 e. The normalized spacial score (nSPS) is 27.3. The molecule has 1 fully saturated rings. The third-order valence-corrected chi connectivity index (χ3v) is 5.77. The number of aryl methyl sites for hydroxylation is 1. The first-order chi connectivity index (χ1) is 13.8. The molecule has 1 unspecified atom stereocenters. The maximum absolute atomic E-state index is 13.4. The first-order valence-electron chi connectivity index (χ1n) is 10.1. The van der Waals surface area contributed by atoms with Crippen LogP contribution in [0.2, 0.25) is 0 Å². The fraction of sp³-hybridized carbons (Fsp3) is 0.750. The van der Waals surface area contributed by atoms with Gasteiger partial charge in [0.2, 0.25) is 5.91 Å². The Bertz CT molecular complexity index is 818. The van der Waals surface area contributed by atoms with Gasteiger partial charge in [0.1, 0.15) is 17.5 Å². The first-order valence-corrected chi connectivity index (χ1v) is 10.1. The number of aromatic nitrogens is 1. The van der Waals surface area contributed by atoms with Crippen molar-refractivity contribution >= 4 is 11.7 Å². The Morgan fingerprint density at radius 1 is 1.43 bits per heavy atom. The number of aliphatic hydroxyl groups excluding tert-OH is 1. The van der Waals surface area contributed by atoms with E-state index in [1.807, 2.05) is 13.8 Å². The van der Waals surface area contributed by atoms with Crippen molar-refractivity contribution in [3.63, 3.8) is 0 Å². The number of aliphatic hydroxyl groups is 1. The van der Waals surface area contributed by atoms with Crippen LogP contribution in [0, 0.1) is 12.8 Å². The molecule has 7 nitrogen and oxygen atoms in total. The van der Waals surface area contributed by atoms with E-state index in [1.165, 1.54) is 4.90 Å². The maximum Gasteiger partial charge on any atom is 0.391 e. The Hall–Kier alpha value is -2.10. The number of carbonyl (C=O) groups is 1. The molecule has 0 aromatic carbocycles. The van der Waals surface area contributed by atoms with Gasteiger partial charge in [0, 0.05) is 19.0 Å². The Morgan fingerprint density at radius 3 is 2.63 bits per heavy atom. The minimum atomic E-state index is -4.35. The molecule has 10 heteroatoms. The summed E-state index contributed by atoms with van der Waals surface area (Å²) in [5, 5.41) is 17.2. The number of rotatable bonds is 5. The van der Waals surface area contributed by atoms with Crippen LogP contribution in [0.1, 0.15) is 57.9 Å². The Labute approximate surface area is 173 Å². The lowest BCUT2D eigenvalue weighted by Gasteiger charge is -2.31. The quantitative estimate of drug-likeness (QED) is 0.750. The van der Waals surface area contributed by atoms with Gasteiger partial charge in [-0.3, -0.25) is 9.79 Å². The van der Waals surface area contributed by atoms with E-state index in [-0.39, 0.29) is 24.8 Å². The van der Waals surface area contributed by atoms with E-state index in [0.29, 0.717) is 17.3 Å². The molecule has 0 aliphatic carbocycles. The molecule has 3 heterocycles. The maximum atomic E-state index is 13.4. The average molecular weight is 430 g/mol. The number of nitrogens with one attached hydrogen (secondary N) is 1. The second-order valence-electron chi connectivity index (χ2n) is 9.18. The van der Waals surface area contributed by atoms with Crippen LogP contribution in [0.3, 0.4) is 0 Å². The predicted molar refractivity (Wildman–Crippen MR) is 104 cm³/mol. The molecule has 0 radical (unpaired) electrons. The van der Waals surface area contributed by atoms with Crippen LogP contribution in [0.25, 0.3) is 0 Å². The number of halogens is 3. The number of hydrogen-bond acceptors (Lipinski definition) is 6. The lowest BCUT2D eigenvalue weighted by Crippen LogP contribution is -2.52. The molecule has 3 rings (SSSR count). The molecular weight excluding hydrogens is 401 g/mol. The SMILES string of the molecule is Cc1cc([C@@H](C(=O)N2C[C@H](O)C[C@H]2C2=NC(CC(F)(F)F)C(C)(C)N2)C(C)C)on1. The number of amidine groups is 1. The number of aliphatic imine (C=N–C) groups is 1. The second-order valence-corrected chi connectivity index (χ2v) is 9.18. The summed E-state index contributed by atoms with van der Waals surface area (Å²) in [5.74, 6) is -0.222. The Kier molecular flexibility index (Phi) is 5.92. The number of nitrogens with zero attached hydrogens (tertiary/aromatic N) is 3. The fourth-order valence-corrected chi connectivity index (χ4v) is 4.22. The van der Waals surface area contributed by atoms with Crippen LogP contribution >= 0.6 is 0 Å². The molecule has 1 saturated heterocycles. The largest absolute Gasteiger partial charge is 0.391 e. The predicted octanol–water partition coefficient (Wildman–Crippen LogP) is 2.79. The second kappa shape index (κ2) is 7.86. The minimum Gasteiger partial charge on any atom is -0.391 e. The molecule has 168 valence electrons. The zero-order valence-corrected chi connectivity index (χ0v) is 17.8. The van der Waals surface area contributed by atoms with Crippen LogP contribution in [-0.4, -0.2) is 63.4 Å². The summed E-state index contributed by atoms with van der Waals surface area (Å²) in [4.78, 5) is 19.3. The lowest BCUT2D eigenvalue weighted by molar-refractivity contribution is -0.140. The summed E-state index contributed by atoms with van der Waals surface area (Å²) in [7, 11) is 0. The molecule has 1 aromatic rings. The monoisotopic (exact) mass is 430 g/mol. The van der Waals surface area contributed by atoms with E-state index in [2.05, 4.69) is 15.5 Å². The Morgan fingerprint density at radius 2 is 2.10 bits per heavy atom. The van der Waals surface area contributed by atoms with Gasteiger partial charge in [-0.05, 0) is 26.7 Å². The van der Waals surface area contributed by atoms with E-state index in [0.717, 1.165) is 0 Å². The van der Waals surface area contributed by atoms with Gasteiger partial charge in [-0.15, -0.1) is 0 Å². The van der Waals surface area contributed by atoms with Crippen molar-refractivity contribution in [2.24, 2.45) is 10.9 Å². The van der Waals surface area contributed by atoms with Crippen molar-refractivity contribution in [2.45, 2.75) is 83.3 Å². The zero-order valence-electron chi connectivity index (χ0n) is 17.8. The summed E-state index contributed by atoms with van der Waals surface area (Å²) < 4.78 is 44.3. The summed E-state index contributed by atoms with van der Waals surface area (Å²) in [6.45, 7) is 8.94. The highest BCUT2D eigenvalue weighted by molar-refractivity contribution is 5.95. The molecule has 0 spiro atoms. The third-order valence-electron chi connectivity index (χ3n) is 5.77. The number of amides is 1. The number of hydrogen-bond donors (Lipinski definition) is 2. The van der Waals surface area contributed by atoms with Crippen molar-refractivity contribution in [3.05, 3.63) is 17.5 Å². The van der Waals surface area contributed by atoms with Crippen molar-refractivity contribution in [1.29, 1.82) is 0 Å². The highest BCUT2D eigenvalue weighted by Crippen LogP contribution is 2.35. The molecule has 4 atom stereocenters. The standard InChI is InChI=1S/C20H29F3N4O3/c1-10(2)16(14-6-11(3)26-30-14)18(29)27-9-12(28)7-13(27)17-24-15(8-20(21,22)23)19(4,5)25-17/h6,10,12-13,15-16,28H,7-9H2,1-5H3,(H,24,25)/t12-,13+,15?,16+/m1/s1. The summed E-state index contributed by atoms with van der Waals surface area (Å²) in [6.07, 6.45) is -5.96. The fourth-order valence-electron chi connectivity index (χ4n) is 4.22. The van der Waals surface area contributed by atoms with Crippen LogP contribution in [0.15, 0.2) is 15.6 Å². The molecule has 2 aliphatic heterocycles. The zero-order chi connectivity index (χ0) is 22.4. The van der Waals surface area contributed by atoms with Crippen molar-refractivity contribution in [3.8, 4) is 0 Å². The lowest BCUT2D eigenvalue weighted by atomic mass is 9.91. The summed E-state index contributed by atoms with van der Waals surface area (Å²) >= 11 is 0. The van der Waals surface area contributed by atoms with Gasteiger partial charge in [0.25, 0.3) is 0 Å². The Balaban J connectivity index is 1.88. The van der Waals surface area contributed by atoms with E-state index in [1.54, 1.807) is 26.8 Å². The van der Waals surface area contributed by atoms with Gasteiger partial charge in [-0.2, -0.15) is 13.2 Å². The molecule has 2 aliphatic rings. The van der Waals surface area contributed by atoms with Crippen molar-refractivity contribution in [2.75, 3.05) is 6.54 Å². The molecule has 0 saturated carbocycles. The summed E-state index contributed by atoms with van der Waals surface area (Å²) in [6, 6.07) is 0.0908. The van der Waals surface area contributed by atoms with Gasteiger partial charge in [-0.1, -0.05) is 19.0 Å². The molecule has 1 amide bonds. The molecule has 30 heavy (non-hydrogen) atoms. The molecular formula is C20H29F3N4O3. The van der Waals surface area contributed by atoms with E-state index >= 15 is 0 Å². The third kappa shape index (κ3) is 4.63. The minimum absolute atomic E-state index is 0.0882. The van der Waals surface area contributed by atoms with Crippen molar-refractivity contribution in [1.82, 2.24) is 15.4 Å². The van der Waals surface area contributed by atoms with Crippen LogP contribution in [0.5, 0.6) is 0 Å². The van der Waals surface area contributed by atoms with Gasteiger partial charge in [-0.25, -0.2) is 0 Å². The van der Waals surface area contributed by atoms with Gasteiger partial charge < -0.3 is 19.8 Å². The van der Waals surface area contributed by atoms with Crippen molar-refractivity contribution < 1.29 is 27.6 Å². The summed E-state index contributed by atoms with van der Waals surface area (Å²) in [5.41, 5.74) is -0.257. The van der Waals surface area contributed by atoms with Crippen LogP contribution < -0.4 is 5.32 Å². The van der Waals surface area contributed by atoms with Gasteiger partial charge in [0.15, 0.2) is 0 Å². The molecule has 0 bridgehead atoms. The molecule has 2 N–H and O–H groups in total. The number of β-amino-alcohol motifs (C(OH)–C–C–N with tert-alkyl or cyclic N) is 1. The highest BCUT2D eigenvalue weighted by atomic mass is 19.4. The van der Waals surface area contributed by atoms with Gasteiger partial charge in [0.05, 0.1) is 35.8 Å². The van der Waals surface area contributed by atoms with E-state index < -0.39 is 42.2 Å². The van der Waals surface area contributed by atoms with E-state index in [9.17, 15) is 23.1 Å². The average Bonchev–Trinajstić information content (AvgIpc) is 3.24. The van der Waals surface area contributed by atoms with Crippen LogP contribution in [0.4, 0.5) is 13.2 Å². The van der Waals surface area contributed by atoms with Crippen LogP contribution in [-0.2, 0) is 4.79 Å². The van der Waals surface area contributed by atoms with Gasteiger partial charge >= 0.3 is 6.18 Å². The number of carbonyl (C=O) groups excluding carboxylic acids is 1. The topological polar surface area (TPSA) is 91.0 Å². The number of alkyl halides is 3. The first kappa shape index (κ1) is 22.6.